The first-order valence-electron chi connectivity index (χ1n) is 16.4. The van der Waals surface area contributed by atoms with Gasteiger partial charge in [-0.15, -0.1) is 0 Å². The van der Waals surface area contributed by atoms with Crippen molar-refractivity contribution in [1.82, 2.24) is 0 Å². The van der Waals surface area contributed by atoms with Gasteiger partial charge in [0.25, 0.3) is 0 Å². The van der Waals surface area contributed by atoms with Gasteiger partial charge in [0.1, 0.15) is 30.0 Å². The number of hydrogen-bond donors (Lipinski definition) is 1. The van der Waals surface area contributed by atoms with E-state index < -0.39 is 46.4 Å². The molecule has 9 nitrogen and oxygen atoms in total. The van der Waals surface area contributed by atoms with Gasteiger partial charge >= 0.3 is 5.97 Å². The van der Waals surface area contributed by atoms with E-state index in [2.05, 4.69) is 10.1 Å². The van der Waals surface area contributed by atoms with Crippen LogP contribution in [0, 0.1) is 35.0 Å². The van der Waals surface area contributed by atoms with Crippen LogP contribution in [0.5, 0.6) is 0 Å². The lowest BCUT2D eigenvalue weighted by Crippen LogP contribution is -2.55. The molecular weight excluding hydrogens is 572 g/mol. The minimum absolute atomic E-state index is 0.146. The molecular formula is C36H54N2O7. The lowest BCUT2D eigenvalue weighted by Gasteiger charge is -2.49. The average Bonchev–Trinajstić information content (AvgIpc) is 3.00. The largest absolute Gasteiger partial charge is 0.459 e. The van der Waals surface area contributed by atoms with E-state index in [4.69, 9.17) is 14.3 Å². The van der Waals surface area contributed by atoms with E-state index in [9.17, 15) is 19.5 Å². The lowest BCUT2D eigenvalue weighted by molar-refractivity contribution is -0.180. The summed E-state index contributed by atoms with van der Waals surface area (Å²) in [7, 11) is 0. The fourth-order valence-corrected chi connectivity index (χ4v) is 7.18. The molecule has 1 amide bonds. The average molecular weight is 627 g/mol. The number of Topliss-reactive ketones (excluding diaryl/α,β-unsaturated/α-hetero) is 1. The van der Waals surface area contributed by atoms with Crippen LogP contribution in [-0.2, 0) is 35.3 Å². The molecule has 2 aliphatic rings. The van der Waals surface area contributed by atoms with Crippen molar-refractivity contribution < 1.29 is 33.8 Å². The minimum Gasteiger partial charge on any atom is -0.459 e. The maximum absolute atomic E-state index is 13.9. The Kier molecular flexibility index (Phi) is 11.9. The van der Waals surface area contributed by atoms with Gasteiger partial charge in [0, 0.05) is 29.9 Å². The zero-order valence-electron chi connectivity index (χ0n) is 28.9. The SMILES string of the molecule is CC[C@H]1OC(=O)[C@H](C)C(=O)[C@H](C)C(C)(C)[C@@]2(C)C[C@@H](C)C(=NC(C)=O)[C@H](C)[C@@H](CC/C(=N\OCc3ccccc3)CO2)[C@]1(C)O. The van der Waals surface area contributed by atoms with Crippen LogP contribution in [0.2, 0.25) is 0 Å². The second kappa shape index (κ2) is 14.7. The second-order valence-electron chi connectivity index (χ2n) is 14.2. The number of aliphatic hydroxyl groups is 1. The van der Waals surface area contributed by atoms with Crippen LogP contribution in [0.4, 0.5) is 0 Å². The number of nitrogens with zero attached hydrogens (tertiary/aromatic N) is 2. The number of fused-ring (bicyclic) bond motifs is 5. The monoisotopic (exact) mass is 626 g/mol. The van der Waals surface area contributed by atoms with Crippen LogP contribution in [-0.4, -0.2) is 58.1 Å². The summed E-state index contributed by atoms with van der Waals surface area (Å²) in [4.78, 5) is 50.2. The van der Waals surface area contributed by atoms with Crippen LogP contribution >= 0.6 is 0 Å². The van der Waals surface area contributed by atoms with Gasteiger partial charge in [-0.1, -0.05) is 77.0 Å². The lowest BCUT2D eigenvalue weighted by atomic mass is 9.61. The molecule has 0 unspecified atom stereocenters. The molecule has 0 aromatic heterocycles. The minimum atomic E-state index is -1.52. The summed E-state index contributed by atoms with van der Waals surface area (Å²) in [5, 5.41) is 16.8. The molecule has 1 N–H and O–H groups in total. The Hall–Kier alpha value is -2.91. The van der Waals surface area contributed by atoms with Crippen molar-refractivity contribution in [3.8, 4) is 0 Å². The van der Waals surface area contributed by atoms with E-state index in [1.54, 1.807) is 13.8 Å². The van der Waals surface area contributed by atoms with Gasteiger partial charge in [0.2, 0.25) is 5.91 Å². The number of aliphatic imine (C=N–C) groups is 1. The summed E-state index contributed by atoms with van der Waals surface area (Å²) in [6.45, 7) is 18.8. The molecule has 1 aromatic rings. The Balaban J connectivity index is 2.25. The summed E-state index contributed by atoms with van der Waals surface area (Å²) in [5.74, 6) is -3.93. The quantitative estimate of drug-likeness (QED) is 0.235. The van der Waals surface area contributed by atoms with Crippen LogP contribution in [0.3, 0.4) is 0 Å². The molecule has 45 heavy (non-hydrogen) atoms. The molecule has 0 spiro atoms. The molecule has 0 aliphatic carbocycles. The standard InChI is InChI=1S/C36H54N2O7/c1-11-30-36(10,42)29-18-17-28(38-44-20-27-15-13-12-14-16-27)21-43-35(9,19-22(2)31(23(29)3)37-26(6)39)34(7,8)25(5)32(40)24(4)33(41)45-30/h12-16,22-25,29-30,42H,11,17-21H2,1-10H3/b37-31?,38-28+/t22-,23-,24-,25+,29-,30-,35-,36+/m1/s1. The van der Waals surface area contributed by atoms with Crippen LogP contribution in [0.25, 0.3) is 0 Å². The van der Waals surface area contributed by atoms with Crippen molar-refractivity contribution in [2.45, 2.75) is 119 Å². The molecule has 1 aromatic carbocycles. The fraction of sp³-hybridized carbons (Fsp3) is 0.694. The molecule has 9 heteroatoms. The molecule has 0 radical (unpaired) electrons. The van der Waals surface area contributed by atoms with Crippen LogP contribution in [0.1, 0.15) is 100 Å². The first-order valence-corrected chi connectivity index (χ1v) is 16.4. The van der Waals surface area contributed by atoms with Gasteiger partial charge in [0.15, 0.2) is 0 Å². The van der Waals surface area contributed by atoms with Gasteiger partial charge in [0.05, 0.1) is 17.9 Å². The fourth-order valence-electron chi connectivity index (χ4n) is 7.18. The van der Waals surface area contributed by atoms with Gasteiger partial charge in [-0.2, -0.15) is 0 Å². The van der Waals surface area contributed by atoms with Crippen LogP contribution < -0.4 is 0 Å². The number of carbonyl (C=O) groups excluding carboxylic acids is 3. The van der Waals surface area contributed by atoms with E-state index in [1.165, 1.54) is 6.92 Å². The Morgan fingerprint density at radius 3 is 2.31 bits per heavy atom. The topological polar surface area (TPSA) is 124 Å². The molecule has 2 aliphatic heterocycles. The zero-order chi connectivity index (χ0) is 33.7. The number of ether oxygens (including phenoxy) is 2. The van der Waals surface area contributed by atoms with E-state index in [1.807, 2.05) is 78.8 Å². The number of ketones is 1. The summed E-state index contributed by atoms with van der Waals surface area (Å²) in [6.07, 6.45) is 0.744. The van der Waals surface area contributed by atoms with E-state index in [0.717, 1.165) is 5.56 Å². The highest BCUT2D eigenvalue weighted by Crippen LogP contribution is 2.48. The number of esters is 1. The predicted molar refractivity (Wildman–Crippen MR) is 175 cm³/mol. The molecule has 250 valence electrons. The normalized spacial score (nSPS) is 36.9. The van der Waals surface area contributed by atoms with Gasteiger partial charge in [-0.3, -0.25) is 14.4 Å². The molecule has 2 bridgehead atoms. The molecule has 2 saturated heterocycles. The number of amides is 1. The third-order valence-electron chi connectivity index (χ3n) is 10.8. The van der Waals surface area contributed by atoms with Crippen molar-refractivity contribution in [1.29, 1.82) is 0 Å². The van der Waals surface area contributed by atoms with Gasteiger partial charge in [-0.25, -0.2) is 4.99 Å². The van der Waals surface area contributed by atoms with E-state index in [-0.39, 0.29) is 36.7 Å². The van der Waals surface area contributed by atoms with Crippen molar-refractivity contribution in [2.75, 3.05) is 6.61 Å². The molecule has 3 rings (SSSR count). The third-order valence-corrected chi connectivity index (χ3v) is 10.8. The zero-order valence-corrected chi connectivity index (χ0v) is 28.9. The highest BCUT2D eigenvalue weighted by Gasteiger charge is 2.53. The summed E-state index contributed by atoms with van der Waals surface area (Å²) in [6, 6.07) is 9.76. The number of oxime groups is 1. The van der Waals surface area contributed by atoms with Crippen molar-refractivity contribution in [2.24, 2.45) is 45.2 Å². The highest BCUT2D eigenvalue weighted by atomic mass is 16.6. The maximum atomic E-state index is 13.9. The number of hydrogen-bond acceptors (Lipinski definition) is 8. The Morgan fingerprint density at radius 1 is 1.07 bits per heavy atom. The molecule has 2 fully saturated rings. The second-order valence-corrected chi connectivity index (χ2v) is 14.2. The number of cyclic esters (lactones) is 1. The molecule has 8 atom stereocenters. The first kappa shape index (κ1) is 36.6. The maximum Gasteiger partial charge on any atom is 0.316 e. The number of rotatable bonds is 4. The van der Waals surface area contributed by atoms with Gasteiger partial charge in [-0.05, 0) is 63.9 Å². The van der Waals surface area contributed by atoms with Crippen molar-refractivity contribution in [3.05, 3.63) is 35.9 Å². The smallest absolute Gasteiger partial charge is 0.316 e. The Bertz CT molecular complexity index is 1270. The molecule has 2 heterocycles. The summed E-state index contributed by atoms with van der Waals surface area (Å²) in [5.41, 5.74) is -0.904. The number of benzene rings is 1. The summed E-state index contributed by atoms with van der Waals surface area (Å²) < 4.78 is 12.8. The number of carbonyl (C=O) groups is 3. The highest BCUT2D eigenvalue weighted by molar-refractivity contribution is 6.00. The Labute approximate surface area is 269 Å². The van der Waals surface area contributed by atoms with E-state index >= 15 is 0 Å². The van der Waals surface area contributed by atoms with Crippen molar-refractivity contribution >= 4 is 29.1 Å². The van der Waals surface area contributed by atoms with E-state index in [0.29, 0.717) is 37.1 Å². The Morgan fingerprint density at radius 2 is 1.71 bits per heavy atom. The van der Waals surface area contributed by atoms with Crippen LogP contribution in [0.15, 0.2) is 40.5 Å². The first-order chi connectivity index (χ1) is 21.0. The van der Waals surface area contributed by atoms with Gasteiger partial charge < -0.3 is 19.4 Å². The van der Waals surface area contributed by atoms with Crippen molar-refractivity contribution in [3.63, 3.8) is 0 Å². The predicted octanol–water partition coefficient (Wildman–Crippen LogP) is 6.35. The molecule has 0 saturated carbocycles. The summed E-state index contributed by atoms with van der Waals surface area (Å²) >= 11 is 0. The third kappa shape index (κ3) is 8.09.